The minimum atomic E-state index is -0.358. The zero-order valence-electron chi connectivity index (χ0n) is 16.7. The molecule has 1 unspecified atom stereocenters. The number of hydrogen-bond donors (Lipinski definition) is 1. The summed E-state index contributed by atoms with van der Waals surface area (Å²) < 4.78 is 16.6. The van der Waals surface area contributed by atoms with Crippen molar-refractivity contribution >= 4 is 16.9 Å². The van der Waals surface area contributed by atoms with Gasteiger partial charge in [0.1, 0.15) is 11.5 Å². The predicted molar refractivity (Wildman–Crippen MR) is 109 cm³/mol. The van der Waals surface area contributed by atoms with Crippen LogP contribution in [0.1, 0.15) is 24.8 Å². The number of pyridine rings is 2. The van der Waals surface area contributed by atoms with Gasteiger partial charge >= 0.3 is 0 Å². The normalized spacial score (nSPS) is 16.2. The van der Waals surface area contributed by atoms with E-state index in [1.54, 1.807) is 25.4 Å². The molecule has 3 heterocycles. The molecule has 1 saturated heterocycles. The monoisotopic (exact) mass is 409 g/mol. The Bertz CT molecular complexity index is 1000. The average molecular weight is 409 g/mol. The second-order valence-corrected chi connectivity index (χ2v) is 6.90. The van der Waals surface area contributed by atoms with E-state index in [4.69, 9.17) is 19.0 Å². The number of methoxy groups -OCH3 is 1. The van der Waals surface area contributed by atoms with Crippen LogP contribution >= 0.6 is 0 Å². The van der Waals surface area contributed by atoms with Crippen molar-refractivity contribution in [2.45, 2.75) is 32.0 Å². The van der Waals surface area contributed by atoms with Gasteiger partial charge in [-0.15, -0.1) is 0 Å². The van der Waals surface area contributed by atoms with Crippen LogP contribution in [0.3, 0.4) is 0 Å². The van der Waals surface area contributed by atoms with E-state index in [0.717, 1.165) is 30.2 Å². The fourth-order valence-electron chi connectivity index (χ4n) is 3.15. The number of hydrogen-bond acceptors (Lipinski definition) is 7. The zero-order chi connectivity index (χ0) is 20.8. The highest BCUT2D eigenvalue weighted by atomic mass is 16.8. The summed E-state index contributed by atoms with van der Waals surface area (Å²) in [6, 6.07) is 12.7. The molecule has 3 aromatic rings. The minimum Gasteiger partial charge on any atom is -0.481 e. The third-order valence-electron chi connectivity index (χ3n) is 4.70. The van der Waals surface area contributed by atoms with Crippen LogP contribution in [-0.4, -0.2) is 35.9 Å². The van der Waals surface area contributed by atoms with E-state index in [0.29, 0.717) is 29.6 Å². The quantitative estimate of drug-likeness (QED) is 0.597. The van der Waals surface area contributed by atoms with E-state index < -0.39 is 0 Å². The number of carbonyl (C=O) groups is 1. The van der Waals surface area contributed by atoms with Crippen LogP contribution in [0.15, 0.2) is 48.7 Å². The highest BCUT2D eigenvalue weighted by molar-refractivity contribution is 5.82. The predicted octanol–water partition coefficient (Wildman–Crippen LogP) is 3.55. The number of ether oxygens (including phenoxy) is 3. The Morgan fingerprint density at radius 2 is 2.03 bits per heavy atom. The highest BCUT2D eigenvalue weighted by Gasteiger charge is 2.16. The number of nitrogens with zero attached hydrogens (tertiary/aromatic N) is 2. The molecule has 0 bridgehead atoms. The SMILES string of the molecule is COc1ccc2c(Oc3ccc(CC(=O)NOC4CCCCO4)cc3)ccnc2n1. The number of fused-ring (bicyclic) bond motifs is 1. The highest BCUT2D eigenvalue weighted by Crippen LogP contribution is 2.29. The molecule has 4 rings (SSSR count). The molecule has 1 atom stereocenters. The first-order chi connectivity index (χ1) is 14.7. The molecule has 0 saturated carbocycles. The molecule has 8 heteroatoms. The number of aromatic nitrogens is 2. The number of nitrogens with one attached hydrogen (secondary N) is 1. The van der Waals surface area contributed by atoms with E-state index >= 15 is 0 Å². The van der Waals surface area contributed by atoms with Crippen LogP contribution in [0.4, 0.5) is 0 Å². The molecule has 1 N–H and O–H groups in total. The number of hydroxylamine groups is 1. The minimum absolute atomic E-state index is 0.203. The molecule has 156 valence electrons. The Kier molecular flexibility index (Phi) is 6.36. The molecule has 0 aliphatic carbocycles. The van der Waals surface area contributed by atoms with Gasteiger partial charge in [0.05, 0.1) is 18.9 Å². The van der Waals surface area contributed by atoms with Gasteiger partial charge in [0.15, 0.2) is 11.9 Å². The van der Waals surface area contributed by atoms with Crippen LogP contribution in [0.2, 0.25) is 0 Å². The second kappa shape index (κ2) is 9.51. The maximum Gasteiger partial charge on any atom is 0.248 e. The number of carbonyl (C=O) groups excluding carboxylic acids is 1. The summed E-state index contributed by atoms with van der Waals surface area (Å²) >= 11 is 0. The fourth-order valence-corrected chi connectivity index (χ4v) is 3.15. The lowest BCUT2D eigenvalue weighted by atomic mass is 10.1. The van der Waals surface area contributed by atoms with Gasteiger partial charge in [-0.1, -0.05) is 12.1 Å². The largest absolute Gasteiger partial charge is 0.481 e. The summed E-state index contributed by atoms with van der Waals surface area (Å²) in [6.07, 6.45) is 4.34. The Hall–Kier alpha value is -3.23. The lowest BCUT2D eigenvalue weighted by Crippen LogP contribution is -2.33. The second-order valence-electron chi connectivity index (χ2n) is 6.90. The van der Waals surface area contributed by atoms with Crippen LogP contribution in [-0.2, 0) is 20.8 Å². The molecule has 1 aromatic carbocycles. The Labute approximate surface area is 174 Å². The molecule has 1 aliphatic heterocycles. The van der Waals surface area contributed by atoms with E-state index in [1.807, 2.05) is 30.3 Å². The maximum absolute atomic E-state index is 12.1. The van der Waals surface area contributed by atoms with E-state index in [2.05, 4.69) is 15.4 Å². The van der Waals surface area contributed by atoms with Crippen molar-refractivity contribution in [1.82, 2.24) is 15.4 Å². The maximum atomic E-state index is 12.1. The van der Waals surface area contributed by atoms with Crippen molar-refractivity contribution in [3.63, 3.8) is 0 Å². The summed E-state index contributed by atoms with van der Waals surface area (Å²) in [4.78, 5) is 26.0. The van der Waals surface area contributed by atoms with Gasteiger partial charge < -0.3 is 14.2 Å². The molecule has 0 radical (unpaired) electrons. The standard InChI is InChI=1S/C22H23N3O5/c1-27-20-10-9-17-18(11-12-23-22(17)24-20)29-16-7-5-15(6-8-16)14-19(26)25-30-21-4-2-3-13-28-21/h5-12,21H,2-4,13-14H2,1H3,(H,25,26). The number of amides is 1. The lowest BCUT2D eigenvalue weighted by Gasteiger charge is -2.22. The van der Waals surface area contributed by atoms with Gasteiger partial charge in [-0.05, 0) is 42.7 Å². The molecule has 8 nitrogen and oxygen atoms in total. The summed E-state index contributed by atoms with van der Waals surface area (Å²) in [7, 11) is 1.56. The van der Waals surface area contributed by atoms with E-state index in [1.165, 1.54) is 0 Å². The van der Waals surface area contributed by atoms with Crippen molar-refractivity contribution in [2.24, 2.45) is 0 Å². The molecular formula is C22H23N3O5. The number of rotatable bonds is 7. The first-order valence-corrected chi connectivity index (χ1v) is 9.84. The van der Waals surface area contributed by atoms with Crippen molar-refractivity contribution in [2.75, 3.05) is 13.7 Å². The molecule has 1 amide bonds. The zero-order valence-corrected chi connectivity index (χ0v) is 16.7. The van der Waals surface area contributed by atoms with Gasteiger partial charge in [0.2, 0.25) is 11.8 Å². The van der Waals surface area contributed by atoms with Crippen LogP contribution in [0, 0.1) is 0 Å². The molecule has 1 aliphatic rings. The van der Waals surface area contributed by atoms with Gasteiger partial charge in [0.25, 0.3) is 0 Å². The molecule has 30 heavy (non-hydrogen) atoms. The topological polar surface area (TPSA) is 91.8 Å². The van der Waals surface area contributed by atoms with Crippen molar-refractivity contribution in [3.8, 4) is 17.4 Å². The van der Waals surface area contributed by atoms with E-state index in [-0.39, 0.29) is 18.6 Å². The summed E-state index contributed by atoms with van der Waals surface area (Å²) in [5, 5.41) is 0.781. The van der Waals surface area contributed by atoms with Crippen molar-refractivity contribution in [1.29, 1.82) is 0 Å². The Morgan fingerprint density at radius 3 is 2.80 bits per heavy atom. The molecule has 0 spiro atoms. The van der Waals surface area contributed by atoms with Gasteiger partial charge in [-0.2, -0.15) is 4.98 Å². The Balaban J connectivity index is 1.35. The first kappa shape index (κ1) is 20.1. The summed E-state index contributed by atoms with van der Waals surface area (Å²) in [6.45, 7) is 0.665. The third-order valence-corrected chi connectivity index (χ3v) is 4.70. The molecule has 2 aromatic heterocycles. The third kappa shape index (κ3) is 5.03. The van der Waals surface area contributed by atoms with Gasteiger partial charge in [0, 0.05) is 25.3 Å². The smallest absolute Gasteiger partial charge is 0.248 e. The van der Waals surface area contributed by atoms with Crippen molar-refractivity contribution in [3.05, 3.63) is 54.2 Å². The van der Waals surface area contributed by atoms with Crippen molar-refractivity contribution < 1.29 is 23.8 Å². The van der Waals surface area contributed by atoms with Crippen LogP contribution in [0.5, 0.6) is 17.4 Å². The van der Waals surface area contributed by atoms with Gasteiger partial charge in [-0.3, -0.25) is 4.79 Å². The summed E-state index contributed by atoms with van der Waals surface area (Å²) in [5.41, 5.74) is 3.86. The fraction of sp³-hybridized carbons (Fsp3) is 0.318. The average Bonchev–Trinajstić information content (AvgIpc) is 2.79. The Morgan fingerprint density at radius 1 is 1.17 bits per heavy atom. The summed E-state index contributed by atoms with van der Waals surface area (Å²) in [5.74, 6) is 1.56. The van der Waals surface area contributed by atoms with Crippen LogP contribution in [0.25, 0.3) is 11.0 Å². The molecular weight excluding hydrogens is 386 g/mol. The van der Waals surface area contributed by atoms with Gasteiger partial charge in [-0.25, -0.2) is 15.3 Å². The molecule has 1 fully saturated rings. The number of benzene rings is 1. The van der Waals surface area contributed by atoms with Crippen LogP contribution < -0.4 is 15.0 Å². The van der Waals surface area contributed by atoms with E-state index in [9.17, 15) is 4.79 Å². The lowest BCUT2D eigenvalue weighted by molar-refractivity contribution is -0.200. The first-order valence-electron chi connectivity index (χ1n) is 9.84.